The molecule has 6 nitrogen and oxygen atoms in total. The smallest absolute Gasteiger partial charge is 0.349 e. The standard InChI is InChI=1S/C18H19ClF3N5O/c1-10(28)23-7-14-24-15-12-6-11(8-26(2)3)4-5-13(12)27(9-18(20,21)22)16(15)17(19)25-14/h4-6H,7-9H2,1-3H3,(H,23,28). The summed E-state index contributed by atoms with van der Waals surface area (Å²) in [5.41, 5.74) is 1.77. The zero-order valence-electron chi connectivity index (χ0n) is 15.6. The van der Waals surface area contributed by atoms with Gasteiger partial charge < -0.3 is 14.8 Å². The molecule has 1 aromatic carbocycles. The SMILES string of the molecule is CC(=O)NCc1nc(Cl)c2c(n1)c1cc(CN(C)C)ccc1n2CC(F)(F)F. The van der Waals surface area contributed by atoms with E-state index in [0.29, 0.717) is 23.0 Å². The fourth-order valence-corrected chi connectivity index (χ4v) is 3.41. The number of hydrogen-bond acceptors (Lipinski definition) is 4. The molecule has 0 aliphatic carbocycles. The average molecular weight is 414 g/mol. The van der Waals surface area contributed by atoms with Crippen LogP contribution in [0.25, 0.3) is 21.9 Å². The van der Waals surface area contributed by atoms with Gasteiger partial charge in [0.2, 0.25) is 5.91 Å². The Morgan fingerprint density at radius 2 is 2.00 bits per heavy atom. The average Bonchev–Trinajstić information content (AvgIpc) is 2.85. The van der Waals surface area contributed by atoms with Crippen LogP contribution in [-0.2, 0) is 24.4 Å². The quantitative estimate of drug-likeness (QED) is 0.650. The van der Waals surface area contributed by atoms with E-state index in [0.717, 1.165) is 10.1 Å². The van der Waals surface area contributed by atoms with Gasteiger partial charge in [-0.1, -0.05) is 17.7 Å². The summed E-state index contributed by atoms with van der Waals surface area (Å²) in [6, 6.07) is 5.25. The van der Waals surface area contributed by atoms with Gasteiger partial charge in [-0.25, -0.2) is 9.97 Å². The topological polar surface area (TPSA) is 63.1 Å². The molecular formula is C18H19ClF3N5O. The van der Waals surface area contributed by atoms with Crippen molar-refractivity contribution in [2.45, 2.75) is 32.7 Å². The molecule has 0 unspecified atom stereocenters. The van der Waals surface area contributed by atoms with Crippen molar-refractivity contribution >= 4 is 39.4 Å². The van der Waals surface area contributed by atoms with Crippen molar-refractivity contribution in [3.05, 3.63) is 34.7 Å². The third kappa shape index (κ3) is 4.36. The number of hydrogen-bond donors (Lipinski definition) is 1. The molecule has 3 aromatic rings. The van der Waals surface area contributed by atoms with E-state index in [-0.39, 0.29) is 28.9 Å². The van der Waals surface area contributed by atoms with Gasteiger partial charge in [-0.2, -0.15) is 13.2 Å². The maximum atomic E-state index is 13.2. The van der Waals surface area contributed by atoms with E-state index in [2.05, 4.69) is 15.3 Å². The Balaban J connectivity index is 2.25. The van der Waals surface area contributed by atoms with Gasteiger partial charge in [0.05, 0.1) is 12.1 Å². The zero-order valence-corrected chi connectivity index (χ0v) is 16.3. The van der Waals surface area contributed by atoms with Gasteiger partial charge in [-0.3, -0.25) is 4.79 Å². The van der Waals surface area contributed by atoms with E-state index in [1.807, 2.05) is 25.1 Å². The van der Waals surface area contributed by atoms with Gasteiger partial charge in [0, 0.05) is 18.9 Å². The summed E-state index contributed by atoms with van der Waals surface area (Å²) in [4.78, 5) is 21.6. The monoisotopic (exact) mass is 413 g/mol. The fourth-order valence-electron chi connectivity index (χ4n) is 3.12. The molecule has 150 valence electrons. The lowest BCUT2D eigenvalue weighted by molar-refractivity contribution is -0.139. The number of fused-ring (bicyclic) bond motifs is 3. The van der Waals surface area contributed by atoms with Crippen LogP contribution in [-0.4, -0.2) is 45.6 Å². The van der Waals surface area contributed by atoms with E-state index in [1.165, 1.54) is 6.92 Å². The van der Waals surface area contributed by atoms with Gasteiger partial charge >= 0.3 is 6.18 Å². The highest BCUT2D eigenvalue weighted by Crippen LogP contribution is 2.34. The Morgan fingerprint density at radius 3 is 2.61 bits per heavy atom. The zero-order chi connectivity index (χ0) is 20.6. The maximum absolute atomic E-state index is 13.2. The predicted molar refractivity (Wildman–Crippen MR) is 101 cm³/mol. The summed E-state index contributed by atoms with van der Waals surface area (Å²) in [5, 5.41) is 3.05. The van der Waals surface area contributed by atoms with Crippen LogP contribution in [0, 0.1) is 0 Å². The van der Waals surface area contributed by atoms with Crippen molar-refractivity contribution in [3.8, 4) is 0 Å². The number of rotatable bonds is 5. The number of carbonyl (C=O) groups excluding carboxylic acids is 1. The Hall–Kier alpha value is -2.39. The van der Waals surface area contributed by atoms with Crippen molar-refractivity contribution in [1.29, 1.82) is 0 Å². The Kier molecular flexibility index (Phi) is 5.49. The number of carbonyl (C=O) groups is 1. The van der Waals surface area contributed by atoms with Crippen molar-refractivity contribution in [2.24, 2.45) is 0 Å². The molecule has 1 amide bonds. The lowest BCUT2D eigenvalue weighted by Gasteiger charge is -2.12. The number of halogens is 4. The van der Waals surface area contributed by atoms with Crippen LogP contribution < -0.4 is 5.32 Å². The van der Waals surface area contributed by atoms with Crippen LogP contribution in [0.5, 0.6) is 0 Å². The van der Waals surface area contributed by atoms with Gasteiger partial charge in [-0.15, -0.1) is 0 Å². The highest BCUT2D eigenvalue weighted by molar-refractivity contribution is 6.34. The maximum Gasteiger partial charge on any atom is 0.406 e. The molecule has 0 saturated heterocycles. The van der Waals surface area contributed by atoms with Crippen molar-refractivity contribution in [2.75, 3.05) is 14.1 Å². The lowest BCUT2D eigenvalue weighted by atomic mass is 10.1. The molecule has 10 heteroatoms. The molecule has 2 aromatic heterocycles. The first-order valence-corrected chi connectivity index (χ1v) is 8.86. The first-order valence-electron chi connectivity index (χ1n) is 8.48. The highest BCUT2D eigenvalue weighted by atomic mass is 35.5. The van der Waals surface area contributed by atoms with Gasteiger partial charge in [0.1, 0.15) is 23.4 Å². The number of alkyl halides is 3. The highest BCUT2D eigenvalue weighted by Gasteiger charge is 2.31. The minimum atomic E-state index is -4.43. The summed E-state index contributed by atoms with van der Waals surface area (Å²) in [6.45, 7) is 0.810. The van der Waals surface area contributed by atoms with Crippen LogP contribution in [0.4, 0.5) is 13.2 Å². The molecule has 28 heavy (non-hydrogen) atoms. The number of nitrogens with zero attached hydrogens (tertiary/aromatic N) is 4. The molecule has 0 aliphatic rings. The predicted octanol–water partition coefficient (Wildman–Crippen LogP) is 3.50. The Morgan fingerprint density at radius 1 is 1.29 bits per heavy atom. The molecule has 0 atom stereocenters. The summed E-state index contributed by atoms with van der Waals surface area (Å²) < 4.78 is 40.7. The van der Waals surface area contributed by atoms with E-state index >= 15 is 0 Å². The van der Waals surface area contributed by atoms with E-state index in [1.54, 1.807) is 12.1 Å². The second-order valence-corrected chi connectivity index (χ2v) is 7.19. The Bertz CT molecular complexity index is 1050. The summed E-state index contributed by atoms with van der Waals surface area (Å²) >= 11 is 6.25. The van der Waals surface area contributed by atoms with E-state index in [9.17, 15) is 18.0 Å². The molecule has 0 fully saturated rings. The van der Waals surface area contributed by atoms with Crippen molar-refractivity contribution in [3.63, 3.8) is 0 Å². The van der Waals surface area contributed by atoms with Gasteiger partial charge in [-0.05, 0) is 31.8 Å². The summed E-state index contributed by atoms with van der Waals surface area (Å²) in [6.07, 6.45) is -4.43. The molecule has 1 N–H and O–H groups in total. The van der Waals surface area contributed by atoms with Crippen LogP contribution in [0.1, 0.15) is 18.3 Å². The minimum absolute atomic E-state index is 0.0360. The first-order chi connectivity index (χ1) is 13.0. The Labute approximate surface area is 164 Å². The number of amides is 1. The third-order valence-electron chi connectivity index (χ3n) is 4.10. The van der Waals surface area contributed by atoms with Crippen LogP contribution >= 0.6 is 11.6 Å². The van der Waals surface area contributed by atoms with Crippen molar-refractivity contribution < 1.29 is 18.0 Å². The van der Waals surface area contributed by atoms with Crippen LogP contribution in [0.2, 0.25) is 5.15 Å². The van der Waals surface area contributed by atoms with Crippen LogP contribution in [0.3, 0.4) is 0 Å². The molecule has 3 rings (SSSR count). The molecule has 0 spiro atoms. The molecule has 0 bridgehead atoms. The molecule has 2 heterocycles. The van der Waals surface area contributed by atoms with Crippen molar-refractivity contribution in [1.82, 2.24) is 24.8 Å². The normalized spacial score (nSPS) is 12.3. The van der Waals surface area contributed by atoms with Gasteiger partial charge in [0.15, 0.2) is 5.15 Å². The lowest BCUT2D eigenvalue weighted by Crippen LogP contribution is -2.21. The second kappa shape index (κ2) is 7.56. The molecule has 0 aliphatic heterocycles. The molecular weight excluding hydrogens is 395 g/mol. The summed E-state index contributed by atoms with van der Waals surface area (Å²) in [5.74, 6) is -0.0376. The van der Waals surface area contributed by atoms with Gasteiger partial charge in [0.25, 0.3) is 0 Å². The molecule has 0 radical (unpaired) electrons. The number of aromatic nitrogens is 3. The largest absolute Gasteiger partial charge is 0.406 e. The molecule has 0 saturated carbocycles. The fraction of sp³-hybridized carbons (Fsp3) is 0.389. The van der Waals surface area contributed by atoms with Crippen LogP contribution in [0.15, 0.2) is 18.2 Å². The first kappa shape index (κ1) is 20.3. The number of nitrogens with one attached hydrogen (secondary N) is 1. The summed E-state index contributed by atoms with van der Waals surface area (Å²) in [7, 11) is 3.81. The minimum Gasteiger partial charge on any atom is -0.349 e. The second-order valence-electron chi connectivity index (χ2n) is 6.83. The van der Waals surface area contributed by atoms with E-state index in [4.69, 9.17) is 11.6 Å². The number of benzene rings is 1. The van der Waals surface area contributed by atoms with E-state index < -0.39 is 12.7 Å². The third-order valence-corrected chi connectivity index (χ3v) is 4.36.